The number of nitrogens with zero attached hydrogens (tertiary/aromatic N) is 2. The maximum Gasteiger partial charge on any atom is 0.242 e. The number of ether oxygens (including phenoxy) is 1. The summed E-state index contributed by atoms with van der Waals surface area (Å²) in [7, 11) is 1.55. The molecule has 1 aromatic rings. The maximum atomic E-state index is 11.6. The highest BCUT2D eigenvalue weighted by Gasteiger charge is 2.13. The smallest absolute Gasteiger partial charge is 0.242 e. The van der Waals surface area contributed by atoms with Crippen LogP contribution >= 0.6 is 11.6 Å². The largest absolute Gasteiger partial charge is 0.377 e. The standard InChI is InChI=1S/C11H17ClN4O2/c1-4-13-11(17)7(2)14-9-5-8(12)15-10(16-9)6-18-3/h5,7H,4,6H2,1-3H3,(H,13,17)(H,14,15,16). The maximum absolute atomic E-state index is 11.6. The molecule has 1 rings (SSSR count). The number of hydrogen-bond donors (Lipinski definition) is 2. The van der Waals surface area contributed by atoms with Crippen LogP contribution in [0.2, 0.25) is 5.15 Å². The number of anilines is 1. The number of rotatable bonds is 6. The van der Waals surface area contributed by atoms with Gasteiger partial charge < -0.3 is 15.4 Å². The van der Waals surface area contributed by atoms with E-state index in [4.69, 9.17) is 16.3 Å². The van der Waals surface area contributed by atoms with E-state index in [1.165, 1.54) is 0 Å². The molecule has 0 radical (unpaired) electrons. The molecule has 1 aromatic heterocycles. The van der Waals surface area contributed by atoms with Crippen molar-refractivity contribution in [3.63, 3.8) is 0 Å². The third-order valence-corrected chi connectivity index (χ3v) is 2.32. The van der Waals surface area contributed by atoms with Crippen LogP contribution in [0.3, 0.4) is 0 Å². The van der Waals surface area contributed by atoms with Gasteiger partial charge in [-0.05, 0) is 13.8 Å². The van der Waals surface area contributed by atoms with Gasteiger partial charge in [-0.2, -0.15) is 0 Å². The van der Waals surface area contributed by atoms with Crippen LogP contribution in [0.25, 0.3) is 0 Å². The molecule has 1 heterocycles. The Morgan fingerprint density at radius 3 is 2.89 bits per heavy atom. The molecule has 1 unspecified atom stereocenters. The van der Waals surface area contributed by atoms with E-state index >= 15 is 0 Å². The van der Waals surface area contributed by atoms with E-state index < -0.39 is 6.04 Å². The Balaban J connectivity index is 2.74. The Morgan fingerprint density at radius 1 is 1.56 bits per heavy atom. The minimum absolute atomic E-state index is 0.0967. The molecule has 0 aromatic carbocycles. The van der Waals surface area contributed by atoms with Gasteiger partial charge in [-0.3, -0.25) is 4.79 Å². The number of carbonyl (C=O) groups is 1. The zero-order valence-corrected chi connectivity index (χ0v) is 11.4. The van der Waals surface area contributed by atoms with Gasteiger partial charge in [0, 0.05) is 19.7 Å². The highest BCUT2D eigenvalue weighted by molar-refractivity contribution is 6.29. The quantitative estimate of drug-likeness (QED) is 0.762. The van der Waals surface area contributed by atoms with Gasteiger partial charge >= 0.3 is 0 Å². The van der Waals surface area contributed by atoms with Crippen LogP contribution in [-0.2, 0) is 16.1 Å². The van der Waals surface area contributed by atoms with Crippen molar-refractivity contribution in [3.8, 4) is 0 Å². The molecule has 0 aliphatic heterocycles. The van der Waals surface area contributed by atoms with Crippen LogP contribution in [0.4, 0.5) is 5.82 Å². The fourth-order valence-electron chi connectivity index (χ4n) is 1.35. The number of methoxy groups -OCH3 is 1. The first-order valence-electron chi connectivity index (χ1n) is 5.63. The summed E-state index contributed by atoms with van der Waals surface area (Å²) in [6, 6.07) is 1.17. The van der Waals surface area contributed by atoms with E-state index in [0.717, 1.165) is 0 Å². The zero-order chi connectivity index (χ0) is 13.5. The number of likely N-dealkylation sites (N-methyl/N-ethyl adjacent to an activating group) is 1. The zero-order valence-electron chi connectivity index (χ0n) is 10.7. The molecule has 0 bridgehead atoms. The van der Waals surface area contributed by atoms with E-state index in [9.17, 15) is 4.79 Å². The Bertz CT molecular complexity index is 414. The third kappa shape index (κ3) is 4.46. The Kier molecular flexibility index (Phi) is 5.80. The summed E-state index contributed by atoms with van der Waals surface area (Å²) in [6.07, 6.45) is 0. The number of halogens is 1. The van der Waals surface area contributed by atoms with E-state index in [1.54, 1.807) is 20.1 Å². The van der Waals surface area contributed by atoms with Crippen molar-refractivity contribution in [1.29, 1.82) is 0 Å². The molecule has 0 spiro atoms. The molecule has 1 amide bonds. The molecule has 100 valence electrons. The van der Waals surface area contributed by atoms with Gasteiger partial charge in [-0.15, -0.1) is 0 Å². The average molecular weight is 273 g/mol. The lowest BCUT2D eigenvalue weighted by Crippen LogP contribution is -2.37. The highest BCUT2D eigenvalue weighted by atomic mass is 35.5. The van der Waals surface area contributed by atoms with E-state index in [0.29, 0.717) is 23.3 Å². The molecule has 1 atom stereocenters. The van der Waals surface area contributed by atoms with Crippen molar-refractivity contribution in [2.75, 3.05) is 19.0 Å². The second-order valence-electron chi connectivity index (χ2n) is 3.69. The lowest BCUT2D eigenvalue weighted by Gasteiger charge is -2.14. The van der Waals surface area contributed by atoms with E-state index in [1.807, 2.05) is 6.92 Å². The average Bonchev–Trinajstić information content (AvgIpc) is 2.28. The Hall–Kier alpha value is -1.40. The topological polar surface area (TPSA) is 76.1 Å². The number of hydrogen-bond acceptors (Lipinski definition) is 5. The van der Waals surface area contributed by atoms with Crippen molar-refractivity contribution >= 4 is 23.3 Å². The first kappa shape index (κ1) is 14.7. The van der Waals surface area contributed by atoms with Crippen LogP contribution in [0, 0.1) is 0 Å². The van der Waals surface area contributed by atoms with E-state index in [-0.39, 0.29) is 12.5 Å². The summed E-state index contributed by atoms with van der Waals surface area (Å²) in [5, 5.41) is 5.99. The molecule has 7 heteroatoms. The summed E-state index contributed by atoms with van der Waals surface area (Å²) in [5.41, 5.74) is 0. The molecule has 18 heavy (non-hydrogen) atoms. The summed E-state index contributed by atoms with van der Waals surface area (Å²) in [4.78, 5) is 19.8. The lowest BCUT2D eigenvalue weighted by atomic mass is 10.3. The predicted molar refractivity (Wildman–Crippen MR) is 69.5 cm³/mol. The first-order chi connectivity index (χ1) is 8.56. The minimum Gasteiger partial charge on any atom is -0.377 e. The van der Waals surface area contributed by atoms with Gasteiger partial charge in [-0.1, -0.05) is 11.6 Å². The highest BCUT2D eigenvalue weighted by Crippen LogP contribution is 2.13. The van der Waals surface area contributed by atoms with E-state index in [2.05, 4.69) is 20.6 Å². The molecule has 0 saturated heterocycles. The van der Waals surface area contributed by atoms with Crippen LogP contribution in [-0.4, -0.2) is 35.6 Å². The minimum atomic E-state index is -0.397. The molecule has 6 nitrogen and oxygen atoms in total. The van der Waals surface area contributed by atoms with Crippen LogP contribution in [0.5, 0.6) is 0 Å². The van der Waals surface area contributed by atoms with Crippen molar-refractivity contribution < 1.29 is 9.53 Å². The van der Waals surface area contributed by atoms with Gasteiger partial charge in [0.05, 0.1) is 0 Å². The van der Waals surface area contributed by atoms with Gasteiger partial charge in [0.25, 0.3) is 0 Å². The number of amides is 1. The van der Waals surface area contributed by atoms with Gasteiger partial charge in [0.2, 0.25) is 5.91 Å². The van der Waals surface area contributed by atoms with Crippen molar-refractivity contribution in [2.45, 2.75) is 26.5 Å². The number of nitrogens with one attached hydrogen (secondary N) is 2. The molecule has 0 aliphatic rings. The number of carbonyl (C=O) groups excluding carboxylic acids is 1. The second kappa shape index (κ2) is 7.13. The molecular weight excluding hydrogens is 256 g/mol. The van der Waals surface area contributed by atoms with Crippen molar-refractivity contribution in [1.82, 2.24) is 15.3 Å². The fourth-order valence-corrected chi connectivity index (χ4v) is 1.55. The molecule has 0 aliphatic carbocycles. The van der Waals surface area contributed by atoms with Gasteiger partial charge in [-0.25, -0.2) is 9.97 Å². The predicted octanol–water partition coefficient (Wildman–Crippen LogP) is 1.21. The number of aromatic nitrogens is 2. The SMILES string of the molecule is CCNC(=O)C(C)Nc1cc(Cl)nc(COC)n1. The van der Waals surface area contributed by atoms with Crippen LogP contribution in [0.15, 0.2) is 6.07 Å². The third-order valence-electron chi connectivity index (χ3n) is 2.12. The molecule has 0 fully saturated rings. The van der Waals surface area contributed by atoms with Crippen LogP contribution < -0.4 is 10.6 Å². The van der Waals surface area contributed by atoms with Crippen molar-refractivity contribution in [3.05, 3.63) is 17.0 Å². The molecule has 2 N–H and O–H groups in total. The van der Waals surface area contributed by atoms with Crippen molar-refractivity contribution in [2.24, 2.45) is 0 Å². The van der Waals surface area contributed by atoms with Crippen LogP contribution in [0.1, 0.15) is 19.7 Å². The van der Waals surface area contributed by atoms with Gasteiger partial charge in [0.15, 0.2) is 5.82 Å². The fraction of sp³-hybridized carbons (Fsp3) is 0.545. The summed E-state index contributed by atoms with van der Waals surface area (Å²) < 4.78 is 4.94. The lowest BCUT2D eigenvalue weighted by molar-refractivity contribution is -0.121. The molecule has 0 saturated carbocycles. The summed E-state index contributed by atoms with van der Waals surface area (Å²) in [6.45, 7) is 4.47. The summed E-state index contributed by atoms with van der Waals surface area (Å²) >= 11 is 5.86. The summed E-state index contributed by atoms with van der Waals surface area (Å²) in [5.74, 6) is 0.872. The van der Waals surface area contributed by atoms with Gasteiger partial charge in [0.1, 0.15) is 23.6 Å². The monoisotopic (exact) mass is 272 g/mol. The Morgan fingerprint density at radius 2 is 2.28 bits per heavy atom. The second-order valence-corrected chi connectivity index (χ2v) is 4.07. The Labute approximate surface area is 111 Å². The normalized spacial score (nSPS) is 12.0. The first-order valence-corrected chi connectivity index (χ1v) is 6.01. The molecular formula is C11H17ClN4O2.